The van der Waals surface area contributed by atoms with Crippen molar-refractivity contribution in [3.63, 3.8) is 0 Å². The molecule has 0 radical (unpaired) electrons. The lowest BCUT2D eigenvalue weighted by Crippen LogP contribution is -2.25. The molecule has 0 aliphatic carbocycles. The van der Waals surface area contributed by atoms with E-state index in [0.717, 1.165) is 25.3 Å². The minimum absolute atomic E-state index is 0.540. The first kappa shape index (κ1) is 10.2. The maximum Gasteiger partial charge on any atom is 0.134 e. The fourth-order valence-corrected chi connectivity index (χ4v) is 1.21. The molecule has 13 heavy (non-hydrogen) atoms. The molecule has 0 saturated heterocycles. The van der Waals surface area contributed by atoms with E-state index in [1.165, 1.54) is 0 Å². The molecule has 0 spiro atoms. The zero-order chi connectivity index (χ0) is 9.68. The van der Waals surface area contributed by atoms with Crippen molar-refractivity contribution in [2.75, 3.05) is 6.54 Å². The lowest BCUT2D eigenvalue weighted by atomic mass is 10.3. The molecule has 0 fully saturated rings. The Bertz CT molecular complexity index is 242. The van der Waals surface area contributed by atoms with Gasteiger partial charge in [0.05, 0.1) is 0 Å². The minimum Gasteiger partial charge on any atom is -0.318 e. The summed E-state index contributed by atoms with van der Waals surface area (Å²) in [5.41, 5.74) is 0. The van der Waals surface area contributed by atoms with Crippen molar-refractivity contribution in [3.05, 3.63) is 12.2 Å². The van der Waals surface area contributed by atoms with Crippen LogP contribution in [-0.4, -0.2) is 27.4 Å². The van der Waals surface area contributed by atoms with Crippen LogP contribution in [0.25, 0.3) is 0 Å². The van der Waals surface area contributed by atoms with E-state index in [1.54, 1.807) is 6.33 Å². The van der Waals surface area contributed by atoms with E-state index in [2.05, 4.69) is 40.9 Å². The highest BCUT2D eigenvalue weighted by atomic mass is 15.3. The highest BCUT2D eigenvalue weighted by Gasteiger charge is 2.01. The Morgan fingerprint density at radius 1 is 1.54 bits per heavy atom. The summed E-state index contributed by atoms with van der Waals surface area (Å²) in [7, 11) is 0. The van der Waals surface area contributed by atoms with Gasteiger partial charge in [0.1, 0.15) is 12.2 Å². The molecule has 1 aromatic rings. The number of hydrogen-bond acceptors (Lipinski definition) is 3. The molecule has 0 amide bonds. The van der Waals surface area contributed by atoms with Gasteiger partial charge in [0.25, 0.3) is 0 Å². The Morgan fingerprint density at radius 3 is 2.92 bits per heavy atom. The van der Waals surface area contributed by atoms with Crippen LogP contribution in [-0.2, 0) is 13.0 Å². The minimum atomic E-state index is 0.540. The molecule has 74 valence electrons. The largest absolute Gasteiger partial charge is 0.318 e. The van der Waals surface area contributed by atoms with E-state index in [4.69, 9.17) is 0 Å². The molecule has 0 unspecified atom stereocenters. The molecule has 0 aliphatic heterocycles. The zero-order valence-corrected chi connectivity index (χ0v) is 8.62. The summed E-state index contributed by atoms with van der Waals surface area (Å²) in [6.45, 7) is 8.30. The topological polar surface area (TPSA) is 42.7 Å². The Labute approximate surface area is 79.4 Å². The van der Waals surface area contributed by atoms with Gasteiger partial charge in [-0.15, -0.1) is 10.2 Å². The molecule has 0 aliphatic rings. The average molecular weight is 182 g/mol. The van der Waals surface area contributed by atoms with Crippen LogP contribution < -0.4 is 5.32 Å². The van der Waals surface area contributed by atoms with Gasteiger partial charge in [0.15, 0.2) is 0 Å². The quantitative estimate of drug-likeness (QED) is 0.733. The molecule has 0 bridgehead atoms. The van der Waals surface area contributed by atoms with Crippen LogP contribution in [0.3, 0.4) is 0 Å². The summed E-state index contributed by atoms with van der Waals surface area (Å²) in [5.74, 6) is 1.07. The van der Waals surface area contributed by atoms with Crippen LogP contribution in [0.4, 0.5) is 0 Å². The molecule has 0 atom stereocenters. The number of hydrogen-bond donors (Lipinski definition) is 1. The fraction of sp³-hybridized carbons (Fsp3) is 0.778. The highest BCUT2D eigenvalue weighted by molar-refractivity contribution is 4.86. The van der Waals surface area contributed by atoms with Crippen LogP contribution in [0.5, 0.6) is 0 Å². The molecule has 0 aromatic carbocycles. The van der Waals surface area contributed by atoms with Gasteiger partial charge in [-0.1, -0.05) is 13.8 Å². The molecule has 4 heteroatoms. The molecular formula is C9H18N4. The van der Waals surface area contributed by atoms with Crippen molar-refractivity contribution >= 4 is 0 Å². The summed E-state index contributed by atoms with van der Waals surface area (Å²) in [6, 6.07) is 0.540. The van der Waals surface area contributed by atoms with Crippen LogP contribution in [0.1, 0.15) is 26.6 Å². The lowest BCUT2D eigenvalue weighted by Gasteiger charge is -2.07. The number of rotatable bonds is 5. The van der Waals surface area contributed by atoms with Crippen molar-refractivity contribution in [1.82, 2.24) is 20.1 Å². The monoisotopic (exact) mass is 182 g/mol. The second-order valence-corrected chi connectivity index (χ2v) is 3.39. The molecule has 1 aromatic heterocycles. The van der Waals surface area contributed by atoms with Crippen molar-refractivity contribution < 1.29 is 0 Å². The second-order valence-electron chi connectivity index (χ2n) is 3.39. The van der Waals surface area contributed by atoms with Crippen molar-refractivity contribution in [1.29, 1.82) is 0 Å². The predicted molar refractivity (Wildman–Crippen MR) is 52.5 cm³/mol. The summed E-state index contributed by atoms with van der Waals surface area (Å²) in [5, 5.41) is 11.3. The average Bonchev–Trinajstić information content (AvgIpc) is 2.51. The third-order valence-corrected chi connectivity index (χ3v) is 1.94. The van der Waals surface area contributed by atoms with Gasteiger partial charge in [0.2, 0.25) is 0 Å². The van der Waals surface area contributed by atoms with E-state index < -0.39 is 0 Å². The summed E-state index contributed by atoms with van der Waals surface area (Å²) < 4.78 is 2.07. The lowest BCUT2D eigenvalue weighted by molar-refractivity contribution is 0.570. The van der Waals surface area contributed by atoms with E-state index in [-0.39, 0.29) is 0 Å². The van der Waals surface area contributed by atoms with Gasteiger partial charge in [0, 0.05) is 25.6 Å². The molecule has 1 N–H and O–H groups in total. The van der Waals surface area contributed by atoms with Crippen molar-refractivity contribution in [3.8, 4) is 0 Å². The SMILES string of the molecule is CCn1cnnc1CCNC(C)C. The van der Waals surface area contributed by atoms with Crippen LogP contribution >= 0.6 is 0 Å². The summed E-state index contributed by atoms with van der Waals surface area (Å²) in [4.78, 5) is 0. The molecular weight excluding hydrogens is 164 g/mol. The normalized spacial score (nSPS) is 11.1. The van der Waals surface area contributed by atoms with Gasteiger partial charge in [-0.3, -0.25) is 0 Å². The predicted octanol–water partition coefficient (Wildman–Crippen LogP) is 0.838. The van der Waals surface area contributed by atoms with Crippen LogP contribution in [0, 0.1) is 0 Å². The number of aryl methyl sites for hydroxylation is 1. The summed E-state index contributed by atoms with van der Waals surface area (Å²) in [6.07, 6.45) is 2.73. The molecule has 1 heterocycles. The van der Waals surface area contributed by atoms with E-state index in [9.17, 15) is 0 Å². The van der Waals surface area contributed by atoms with Gasteiger partial charge in [-0.2, -0.15) is 0 Å². The van der Waals surface area contributed by atoms with Gasteiger partial charge < -0.3 is 9.88 Å². The molecule has 0 saturated carbocycles. The Balaban J connectivity index is 2.36. The van der Waals surface area contributed by atoms with Gasteiger partial charge in [-0.05, 0) is 6.92 Å². The molecule has 1 rings (SSSR count). The Kier molecular flexibility index (Phi) is 3.89. The maximum atomic E-state index is 4.06. The van der Waals surface area contributed by atoms with Gasteiger partial charge >= 0.3 is 0 Å². The third kappa shape index (κ3) is 3.14. The van der Waals surface area contributed by atoms with E-state index in [1.807, 2.05) is 0 Å². The second kappa shape index (κ2) is 4.97. The fourth-order valence-electron chi connectivity index (χ4n) is 1.21. The number of nitrogens with zero attached hydrogens (tertiary/aromatic N) is 3. The number of aromatic nitrogens is 3. The maximum absolute atomic E-state index is 4.06. The van der Waals surface area contributed by atoms with Crippen molar-refractivity contribution in [2.45, 2.75) is 39.8 Å². The number of nitrogens with one attached hydrogen (secondary N) is 1. The molecule has 4 nitrogen and oxygen atoms in total. The Morgan fingerprint density at radius 2 is 2.31 bits per heavy atom. The highest BCUT2D eigenvalue weighted by Crippen LogP contribution is 1.95. The first-order valence-electron chi connectivity index (χ1n) is 4.84. The third-order valence-electron chi connectivity index (χ3n) is 1.94. The summed E-state index contributed by atoms with van der Waals surface area (Å²) >= 11 is 0. The Hall–Kier alpha value is -0.900. The van der Waals surface area contributed by atoms with Crippen LogP contribution in [0.15, 0.2) is 6.33 Å². The first-order valence-corrected chi connectivity index (χ1v) is 4.84. The van der Waals surface area contributed by atoms with E-state index in [0.29, 0.717) is 6.04 Å². The smallest absolute Gasteiger partial charge is 0.134 e. The standard InChI is InChI=1S/C9H18N4/c1-4-13-7-11-12-9(13)5-6-10-8(2)3/h7-8,10H,4-6H2,1-3H3. The zero-order valence-electron chi connectivity index (χ0n) is 8.62. The van der Waals surface area contributed by atoms with Crippen LogP contribution in [0.2, 0.25) is 0 Å². The van der Waals surface area contributed by atoms with Gasteiger partial charge in [-0.25, -0.2) is 0 Å². The first-order chi connectivity index (χ1) is 6.24. The van der Waals surface area contributed by atoms with Crippen molar-refractivity contribution in [2.24, 2.45) is 0 Å². The van der Waals surface area contributed by atoms with E-state index >= 15 is 0 Å².